The predicted octanol–water partition coefficient (Wildman–Crippen LogP) is 1.19. The van der Waals surface area contributed by atoms with Crippen molar-refractivity contribution in [1.82, 2.24) is 15.3 Å². The van der Waals surface area contributed by atoms with Gasteiger partial charge in [-0.3, -0.25) is 14.9 Å². The Morgan fingerprint density at radius 3 is 2.71 bits per heavy atom. The Balaban J connectivity index is 1.84. The van der Waals surface area contributed by atoms with Gasteiger partial charge in [0.1, 0.15) is 10.7 Å². The lowest BCUT2D eigenvalue weighted by atomic mass is 10.4. The lowest BCUT2D eigenvalue weighted by molar-refractivity contribution is -0.402. The summed E-state index contributed by atoms with van der Waals surface area (Å²) >= 11 is 0. The molecule has 24 heavy (non-hydrogen) atoms. The number of nitrogens with one attached hydrogen (secondary N) is 2. The van der Waals surface area contributed by atoms with Crippen LogP contribution in [0.2, 0.25) is 0 Å². The van der Waals surface area contributed by atoms with Crippen LogP contribution in [0.25, 0.3) is 0 Å². The SMILES string of the molecule is Cc1cc(N(C)C)nc(NCCNC(=O)c2ccc([N+](=O)[O-])o2)n1. The van der Waals surface area contributed by atoms with Crippen LogP contribution >= 0.6 is 0 Å². The Morgan fingerprint density at radius 1 is 1.33 bits per heavy atom. The molecule has 0 atom stereocenters. The molecule has 0 aromatic carbocycles. The first-order valence-electron chi connectivity index (χ1n) is 7.16. The molecule has 0 saturated heterocycles. The number of nitro groups is 1. The van der Waals surface area contributed by atoms with Crippen molar-refractivity contribution in [3.05, 3.63) is 39.8 Å². The minimum Gasteiger partial charge on any atom is -0.395 e. The van der Waals surface area contributed by atoms with Crippen LogP contribution in [-0.2, 0) is 0 Å². The van der Waals surface area contributed by atoms with E-state index >= 15 is 0 Å². The van der Waals surface area contributed by atoms with Gasteiger partial charge in [-0.15, -0.1) is 0 Å². The highest BCUT2D eigenvalue weighted by molar-refractivity contribution is 5.91. The van der Waals surface area contributed by atoms with E-state index in [4.69, 9.17) is 4.42 Å². The third-order valence-corrected chi connectivity index (χ3v) is 2.99. The molecule has 0 radical (unpaired) electrons. The Kier molecular flexibility index (Phi) is 5.30. The first-order valence-corrected chi connectivity index (χ1v) is 7.16. The molecule has 10 heteroatoms. The second-order valence-corrected chi connectivity index (χ2v) is 5.16. The molecule has 2 N–H and O–H groups in total. The normalized spacial score (nSPS) is 10.3. The summed E-state index contributed by atoms with van der Waals surface area (Å²) in [5.41, 5.74) is 0.822. The summed E-state index contributed by atoms with van der Waals surface area (Å²) in [5, 5.41) is 16.1. The van der Waals surface area contributed by atoms with Crippen LogP contribution < -0.4 is 15.5 Å². The molecule has 0 unspecified atom stereocenters. The number of carbonyl (C=O) groups excluding carboxylic acids is 1. The van der Waals surface area contributed by atoms with Gasteiger partial charge in [-0.1, -0.05) is 0 Å². The number of nitrogens with zero attached hydrogens (tertiary/aromatic N) is 4. The van der Waals surface area contributed by atoms with Gasteiger partial charge in [-0.2, -0.15) is 4.98 Å². The molecule has 128 valence electrons. The Hall–Kier alpha value is -3.17. The molecule has 0 saturated carbocycles. The van der Waals surface area contributed by atoms with E-state index in [-0.39, 0.29) is 12.3 Å². The van der Waals surface area contributed by atoms with E-state index in [0.717, 1.165) is 17.6 Å². The number of rotatable bonds is 7. The van der Waals surface area contributed by atoms with Crippen LogP contribution in [0.5, 0.6) is 0 Å². The largest absolute Gasteiger partial charge is 0.433 e. The molecule has 2 rings (SSSR count). The number of hydrogen-bond donors (Lipinski definition) is 2. The Bertz CT molecular complexity index is 743. The summed E-state index contributed by atoms with van der Waals surface area (Å²) in [4.78, 5) is 32.1. The third kappa shape index (κ3) is 4.41. The van der Waals surface area contributed by atoms with E-state index in [0.29, 0.717) is 12.5 Å². The van der Waals surface area contributed by atoms with Crippen molar-refractivity contribution in [2.75, 3.05) is 37.4 Å². The lowest BCUT2D eigenvalue weighted by Crippen LogP contribution is -2.28. The van der Waals surface area contributed by atoms with Gasteiger partial charge < -0.3 is 20.0 Å². The maximum absolute atomic E-state index is 11.8. The number of hydrogen-bond acceptors (Lipinski definition) is 8. The summed E-state index contributed by atoms with van der Waals surface area (Å²) in [7, 11) is 3.77. The number of anilines is 2. The summed E-state index contributed by atoms with van der Waals surface area (Å²) < 4.78 is 4.82. The highest BCUT2D eigenvalue weighted by atomic mass is 16.6. The zero-order valence-corrected chi connectivity index (χ0v) is 13.6. The molecule has 0 fully saturated rings. The molecule has 0 aliphatic rings. The van der Waals surface area contributed by atoms with Gasteiger partial charge in [-0.25, -0.2) is 4.98 Å². The number of aromatic nitrogens is 2. The summed E-state index contributed by atoms with van der Waals surface area (Å²) in [6, 6.07) is 4.25. The van der Waals surface area contributed by atoms with Crippen molar-refractivity contribution in [3.63, 3.8) is 0 Å². The zero-order valence-electron chi connectivity index (χ0n) is 13.6. The van der Waals surface area contributed by atoms with E-state index < -0.39 is 16.7 Å². The number of aryl methyl sites for hydroxylation is 1. The smallest absolute Gasteiger partial charge is 0.395 e. The van der Waals surface area contributed by atoms with Gasteiger partial charge in [0.15, 0.2) is 5.76 Å². The zero-order chi connectivity index (χ0) is 17.7. The van der Waals surface area contributed by atoms with Crippen LogP contribution in [0.3, 0.4) is 0 Å². The number of amides is 1. The average molecular weight is 334 g/mol. The third-order valence-electron chi connectivity index (χ3n) is 2.99. The maximum Gasteiger partial charge on any atom is 0.433 e. The van der Waals surface area contributed by atoms with Crippen LogP contribution in [-0.4, -0.2) is 48.0 Å². The highest BCUT2D eigenvalue weighted by Gasteiger charge is 2.16. The van der Waals surface area contributed by atoms with E-state index in [1.807, 2.05) is 32.0 Å². The highest BCUT2D eigenvalue weighted by Crippen LogP contribution is 2.15. The van der Waals surface area contributed by atoms with Gasteiger partial charge >= 0.3 is 5.88 Å². The Labute approximate surface area is 138 Å². The molecule has 0 spiro atoms. The molecule has 0 aliphatic carbocycles. The molecule has 1 amide bonds. The first-order chi connectivity index (χ1) is 11.4. The molecule has 2 heterocycles. The molecule has 0 bridgehead atoms. The van der Waals surface area contributed by atoms with Crippen LogP contribution in [0, 0.1) is 17.0 Å². The summed E-state index contributed by atoms with van der Waals surface area (Å²) in [6.07, 6.45) is 0. The maximum atomic E-state index is 11.8. The Morgan fingerprint density at radius 2 is 2.08 bits per heavy atom. The fraction of sp³-hybridized carbons (Fsp3) is 0.357. The molecule has 2 aromatic rings. The minimum absolute atomic E-state index is 0.108. The summed E-state index contributed by atoms with van der Waals surface area (Å²) in [6.45, 7) is 2.54. The van der Waals surface area contributed by atoms with E-state index in [2.05, 4.69) is 20.6 Å². The van der Waals surface area contributed by atoms with Crippen molar-refractivity contribution in [1.29, 1.82) is 0 Å². The molecule has 10 nitrogen and oxygen atoms in total. The van der Waals surface area contributed by atoms with E-state index in [9.17, 15) is 14.9 Å². The molecule has 2 aromatic heterocycles. The quantitative estimate of drug-likeness (QED) is 0.439. The molecule has 0 aliphatic heterocycles. The average Bonchev–Trinajstić information content (AvgIpc) is 3.01. The first kappa shape index (κ1) is 17.2. The van der Waals surface area contributed by atoms with Gasteiger partial charge in [-0.05, 0) is 13.0 Å². The van der Waals surface area contributed by atoms with Crippen molar-refractivity contribution in [3.8, 4) is 0 Å². The minimum atomic E-state index is -0.699. The van der Waals surface area contributed by atoms with Gasteiger partial charge in [0, 0.05) is 38.9 Å². The van der Waals surface area contributed by atoms with Gasteiger partial charge in [0.05, 0.1) is 6.07 Å². The van der Waals surface area contributed by atoms with Crippen molar-refractivity contribution in [2.24, 2.45) is 0 Å². The lowest BCUT2D eigenvalue weighted by Gasteiger charge is -2.13. The van der Waals surface area contributed by atoms with Crippen molar-refractivity contribution in [2.45, 2.75) is 6.92 Å². The predicted molar refractivity (Wildman–Crippen MR) is 87.3 cm³/mol. The van der Waals surface area contributed by atoms with E-state index in [1.165, 1.54) is 6.07 Å². The second-order valence-electron chi connectivity index (χ2n) is 5.16. The standard InChI is InChI=1S/C14H18N6O4/c1-9-8-11(19(2)3)18-14(17-9)16-7-6-15-13(21)10-4-5-12(24-10)20(22)23/h4-5,8H,6-7H2,1-3H3,(H,15,21)(H,16,17,18). The fourth-order valence-electron chi connectivity index (χ4n) is 1.85. The second kappa shape index (κ2) is 7.40. The van der Waals surface area contributed by atoms with Crippen molar-refractivity contribution >= 4 is 23.6 Å². The topological polar surface area (TPSA) is 126 Å². The van der Waals surface area contributed by atoms with Crippen LogP contribution in [0.1, 0.15) is 16.2 Å². The van der Waals surface area contributed by atoms with Crippen LogP contribution in [0.15, 0.2) is 22.6 Å². The fourth-order valence-corrected chi connectivity index (χ4v) is 1.85. The van der Waals surface area contributed by atoms with Gasteiger partial charge in [0.25, 0.3) is 5.91 Å². The monoisotopic (exact) mass is 334 g/mol. The molecular formula is C14H18N6O4. The summed E-state index contributed by atoms with van der Waals surface area (Å²) in [5.74, 6) is 0.133. The van der Waals surface area contributed by atoms with Gasteiger partial charge in [0.2, 0.25) is 5.95 Å². The van der Waals surface area contributed by atoms with E-state index in [1.54, 1.807) is 0 Å². The molecular weight excluding hydrogens is 316 g/mol. The number of furan rings is 1. The van der Waals surface area contributed by atoms with Crippen LogP contribution in [0.4, 0.5) is 17.7 Å². The number of carbonyl (C=O) groups is 1. The van der Waals surface area contributed by atoms with Crippen molar-refractivity contribution < 1.29 is 14.1 Å².